The minimum atomic E-state index is 0.909. The highest BCUT2D eigenvalue weighted by molar-refractivity contribution is 7.26. The van der Waals surface area contributed by atoms with Gasteiger partial charge in [-0.3, -0.25) is 0 Å². The number of thiophene rings is 1. The van der Waals surface area contributed by atoms with E-state index >= 15 is 0 Å². The SMILES string of the molecule is c1ccc(-n2c3ccccc3c3cc4c5cc(-c6cccc7c6oc6ccccc67)ccc5n(-c5ccc(-c6cccc7c6sc6ccccc67)cc5)c4cc32)cc1. The van der Waals surface area contributed by atoms with E-state index in [1.165, 1.54) is 69.4 Å². The molecule has 0 aliphatic heterocycles. The van der Waals surface area contributed by atoms with E-state index in [1.807, 2.05) is 17.4 Å². The van der Waals surface area contributed by atoms with Crippen LogP contribution in [-0.2, 0) is 0 Å². The minimum Gasteiger partial charge on any atom is -0.455 e. The number of fused-ring (bicyclic) bond motifs is 12. The van der Waals surface area contributed by atoms with Crippen molar-refractivity contribution in [3.05, 3.63) is 194 Å². The van der Waals surface area contributed by atoms with Gasteiger partial charge in [0.1, 0.15) is 11.2 Å². The molecular formula is C54H32N2OS. The largest absolute Gasteiger partial charge is 0.455 e. The molecule has 9 aromatic carbocycles. The number of hydrogen-bond acceptors (Lipinski definition) is 2. The van der Waals surface area contributed by atoms with Crippen LogP contribution in [0.2, 0.25) is 0 Å². The molecule has 0 bridgehead atoms. The van der Waals surface area contributed by atoms with Gasteiger partial charge < -0.3 is 13.6 Å². The molecule has 0 fully saturated rings. The Kier molecular flexibility index (Phi) is 6.60. The van der Waals surface area contributed by atoms with Crippen molar-refractivity contribution in [2.75, 3.05) is 0 Å². The Bertz CT molecular complexity index is 3790. The molecule has 13 aromatic rings. The van der Waals surface area contributed by atoms with Gasteiger partial charge in [0.25, 0.3) is 0 Å². The van der Waals surface area contributed by atoms with Crippen LogP contribution in [0.5, 0.6) is 0 Å². The summed E-state index contributed by atoms with van der Waals surface area (Å²) >= 11 is 1.88. The average molecular weight is 757 g/mol. The summed E-state index contributed by atoms with van der Waals surface area (Å²) < 4.78 is 14.1. The van der Waals surface area contributed by atoms with Crippen LogP contribution in [0.25, 0.3) is 119 Å². The first kappa shape index (κ1) is 31.8. The predicted molar refractivity (Wildman–Crippen MR) is 246 cm³/mol. The van der Waals surface area contributed by atoms with Crippen LogP contribution >= 0.6 is 11.3 Å². The van der Waals surface area contributed by atoms with E-state index < -0.39 is 0 Å². The van der Waals surface area contributed by atoms with E-state index in [-0.39, 0.29) is 0 Å². The fraction of sp³-hybridized carbons (Fsp3) is 0. The number of hydrogen-bond donors (Lipinski definition) is 0. The number of rotatable bonds is 4. The van der Waals surface area contributed by atoms with Gasteiger partial charge in [0, 0.05) is 69.4 Å². The van der Waals surface area contributed by atoms with Crippen LogP contribution in [-0.4, -0.2) is 9.13 Å². The molecule has 4 heterocycles. The third-order valence-electron chi connectivity index (χ3n) is 12.1. The molecule has 0 aliphatic carbocycles. The summed E-state index contributed by atoms with van der Waals surface area (Å²) in [7, 11) is 0. The zero-order chi connectivity index (χ0) is 37.9. The number of aromatic nitrogens is 2. The predicted octanol–water partition coefficient (Wildman–Crippen LogP) is 15.5. The summed E-state index contributed by atoms with van der Waals surface area (Å²) in [4.78, 5) is 0. The quantitative estimate of drug-likeness (QED) is 0.175. The van der Waals surface area contributed by atoms with E-state index in [2.05, 4.69) is 197 Å². The highest BCUT2D eigenvalue weighted by Crippen LogP contribution is 2.44. The summed E-state index contributed by atoms with van der Waals surface area (Å²) in [6.45, 7) is 0. The topological polar surface area (TPSA) is 23.0 Å². The molecule has 0 spiro atoms. The van der Waals surface area contributed by atoms with E-state index in [0.29, 0.717) is 0 Å². The molecule has 13 rings (SSSR count). The summed E-state index contributed by atoms with van der Waals surface area (Å²) in [5.41, 5.74) is 13.5. The van der Waals surface area contributed by atoms with E-state index in [1.54, 1.807) is 0 Å². The van der Waals surface area contributed by atoms with Crippen LogP contribution in [0.15, 0.2) is 199 Å². The van der Waals surface area contributed by atoms with Crippen LogP contribution in [0.4, 0.5) is 0 Å². The van der Waals surface area contributed by atoms with E-state index in [0.717, 1.165) is 50.0 Å². The van der Waals surface area contributed by atoms with Gasteiger partial charge in [0.15, 0.2) is 0 Å². The summed E-state index contributed by atoms with van der Waals surface area (Å²) in [6, 6.07) is 70.7. The highest BCUT2D eigenvalue weighted by atomic mass is 32.1. The van der Waals surface area contributed by atoms with Crippen molar-refractivity contribution < 1.29 is 4.42 Å². The van der Waals surface area contributed by atoms with E-state index in [9.17, 15) is 0 Å². The molecule has 4 heteroatoms. The average Bonchev–Trinajstić information content (AvgIpc) is 4.03. The summed E-state index contributed by atoms with van der Waals surface area (Å²) in [5.74, 6) is 0. The molecule has 0 radical (unpaired) electrons. The van der Waals surface area contributed by atoms with Gasteiger partial charge >= 0.3 is 0 Å². The van der Waals surface area contributed by atoms with Crippen molar-refractivity contribution in [1.29, 1.82) is 0 Å². The lowest BCUT2D eigenvalue weighted by molar-refractivity contribution is 0.670. The number of furan rings is 1. The first-order chi connectivity index (χ1) is 28.8. The molecule has 0 saturated carbocycles. The van der Waals surface area contributed by atoms with Gasteiger partial charge in [-0.25, -0.2) is 0 Å². The molecule has 0 unspecified atom stereocenters. The van der Waals surface area contributed by atoms with Crippen molar-refractivity contribution in [1.82, 2.24) is 9.13 Å². The van der Waals surface area contributed by atoms with Crippen molar-refractivity contribution in [2.45, 2.75) is 0 Å². The first-order valence-electron chi connectivity index (χ1n) is 19.8. The van der Waals surface area contributed by atoms with Crippen LogP contribution in [0.1, 0.15) is 0 Å². The summed E-state index contributed by atoms with van der Waals surface area (Å²) in [6.07, 6.45) is 0. The Hall–Kier alpha value is -7.40. The maximum atomic E-state index is 6.55. The monoisotopic (exact) mass is 756 g/mol. The standard InChI is InChI=1S/C54H32N2OS/c1-2-12-35(13-3-1)55-47-21-7-4-14-39(47)45-31-46-44-30-34(37-17-10-19-42-40-15-5-8-22-51(40)57-53(37)42)26-29-48(44)56(50(46)32-49(45)55)36-27-24-33(25-28-36)38-18-11-20-43-41-16-6-9-23-52(41)58-54(38)43/h1-32H. The van der Waals surface area contributed by atoms with Crippen molar-refractivity contribution in [2.24, 2.45) is 0 Å². The number of nitrogens with zero attached hydrogens (tertiary/aromatic N) is 2. The van der Waals surface area contributed by atoms with Gasteiger partial charge in [-0.15, -0.1) is 11.3 Å². The Morgan fingerprint density at radius 1 is 0.345 bits per heavy atom. The molecule has 0 aliphatic rings. The minimum absolute atomic E-state index is 0.909. The Morgan fingerprint density at radius 2 is 0.948 bits per heavy atom. The second-order valence-electron chi connectivity index (χ2n) is 15.2. The molecule has 0 atom stereocenters. The van der Waals surface area contributed by atoms with Crippen molar-refractivity contribution in [3.63, 3.8) is 0 Å². The molecule has 4 aromatic heterocycles. The molecule has 0 saturated heterocycles. The summed E-state index contributed by atoms with van der Waals surface area (Å²) in [5, 5.41) is 9.82. The van der Waals surface area contributed by atoms with E-state index in [4.69, 9.17) is 4.42 Å². The second kappa shape index (κ2) is 12.1. The Balaban J connectivity index is 1.07. The van der Waals surface area contributed by atoms with Gasteiger partial charge in [-0.05, 0) is 83.4 Å². The van der Waals surface area contributed by atoms with Gasteiger partial charge in [-0.1, -0.05) is 127 Å². The fourth-order valence-electron chi connectivity index (χ4n) is 9.52. The number of benzene rings is 9. The van der Waals surface area contributed by atoms with Crippen molar-refractivity contribution >= 4 is 97.1 Å². The molecular weight excluding hydrogens is 725 g/mol. The van der Waals surface area contributed by atoms with Gasteiger partial charge in [-0.2, -0.15) is 0 Å². The second-order valence-corrected chi connectivity index (χ2v) is 16.3. The lowest BCUT2D eigenvalue weighted by atomic mass is 10.00. The number of para-hydroxylation sites is 4. The van der Waals surface area contributed by atoms with Gasteiger partial charge in [0.05, 0.1) is 22.1 Å². The maximum Gasteiger partial charge on any atom is 0.143 e. The lowest BCUT2D eigenvalue weighted by Crippen LogP contribution is -1.96. The highest BCUT2D eigenvalue weighted by Gasteiger charge is 2.20. The zero-order valence-corrected chi connectivity index (χ0v) is 32.0. The van der Waals surface area contributed by atoms with Crippen LogP contribution in [0, 0.1) is 0 Å². The molecule has 270 valence electrons. The first-order valence-corrected chi connectivity index (χ1v) is 20.6. The fourth-order valence-corrected chi connectivity index (χ4v) is 10.8. The third-order valence-corrected chi connectivity index (χ3v) is 13.3. The van der Waals surface area contributed by atoms with Gasteiger partial charge in [0.2, 0.25) is 0 Å². The smallest absolute Gasteiger partial charge is 0.143 e. The zero-order valence-electron chi connectivity index (χ0n) is 31.2. The van der Waals surface area contributed by atoms with Crippen molar-refractivity contribution in [3.8, 4) is 33.6 Å². The Morgan fingerprint density at radius 3 is 1.79 bits per heavy atom. The third kappa shape index (κ3) is 4.49. The molecule has 3 nitrogen and oxygen atoms in total. The Labute approximate surface area is 336 Å². The normalized spacial score (nSPS) is 12.1. The van der Waals surface area contributed by atoms with Crippen LogP contribution < -0.4 is 0 Å². The molecule has 58 heavy (non-hydrogen) atoms. The lowest BCUT2D eigenvalue weighted by Gasteiger charge is -2.11. The van der Waals surface area contributed by atoms with Crippen LogP contribution in [0.3, 0.4) is 0 Å². The maximum absolute atomic E-state index is 6.55. The molecule has 0 N–H and O–H groups in total. The molecule has 0 amide bonds.